The molecule has 2 nitrogen and oxygen atoms in total. The molecule has 0 bridgehead atoms. The van der Waals surface area contributed by atoms with Gasteiger partial charge in [0.25, 0.3) is 0 Å². The van der Waals surface area contributed by atoms with Crippen molar-refractivity contribution in [3.8, 4) is 11.5 Å². The zero-order valence-electron chi connectivity index (χ0n) is 17.2. The molecule has 2 N–H and O–H groups in total. The Bertz CT molecular complexity index is 891. The maximum absolute atomic E-state index is 9.51. The first kappa shape index (κ1) is 20.0. The third kappa shape index (κ3) is 4.56. The fourth-order valence-electron chi connectivity index (χ4n) is 3.82. The first-order valence-electron chi connectivity index (χ1n) is 9.93. The highest BCUT2D eigenvalue weighted by Gasteiger charge is 2.22. The van der Waals surface area contributed by atoms with E-state index in [9.17, 15) is 10.2 Å². The van der Waals surface area contributed by atoms with Gasteiger partial charge in [0.2, 0.25) is 0 Å². The molecule has 0 aliphatic carbocycles. The smallest absolute Gasteiger partial charge is 0.115 e. The summed E-state index contributed by atoms with van der Waals surface area (Å²) in [5.74, 6) is 1.38. The molecule has 0 aromatic heterocycles. The van der Waals surface area contributed by atoms with E-state index in [0.717, 1.165) is 6.42 Å². The summed E-state index contributed by atoms with van der Waals surface area (Å²) in [6, 6.07) is 24.0. The van der Waals surface area contributed by atoms with Gasteiger partial charge < -0.3 is 10.2 Å². The standard InChI is InChI=1S/C26H30O2/c1-18(19(2)22-9-15-25(28)16-10-22)21-7-11-23(12-8-21)26(3,4)17-20-5-13-24(27)14-6-20/h5-16,18-19,27-28H,17H2,1-4H3. The molecule has 3 rings (SSSR count). The summed E-state index contributed by atoms with van der Waals surface area (Å²) in [5.41, 5.74) is 5.11. The number of rotatable bonds is 6. The van der Waals surface area contributed by atoms with Gasteiger partial charge in [0.15, 0.2) is 0 Å². The van der Waals surface area contributed by atoms with Crippen LogP contribution < -0.4 is 0 Å². The second-order valence-electron chi connectivity index (χ2n) is 8.52. The Balaban J connectivity index is 1.74. The molecule has 2 atom stereocenters. The minimum absolute atomic E-state index is 0.0152. The van der Waals surface area contributed by atoms with Crippen LogP contribution in [0.1, 0.15) is 61.8 Å². The Hall–Kier alpha value is -2.74. The molecule has 0 aliphatic heterocycles. The summed E-state index contributed by atoms with van der Waals surface area (Å²) in [6.07, 6.45) is 0.923. The maximum Gasteiger partial charge on any atom is 0.115 e. The van der Waals surface area contributed by atoms with E-state index in [2.05, 4.69) is 52.0 Å². The lowest BCUT2D eigenvalue weighted by molar-refractivity contribution is 0.473. The SMILES string of the molecule is CC(c1ccc(O)cc1)C(C)c1ccc(C(C)(C)Cc2ccc(O)cc2)cc1. The molecule has 0 saturated carbocycles. The molecule has 0 spiro atoms. The second kappa shape index (κ2) is 8.10. The molecule has 0 aliphatic rings. The minimum atomic E-state index is 0.0152. The maximum atomic E-state index is 9.51. The zero-order valence-corrected chi connectivity index (χ0v) is 17.2. The van der Waals surface area contributed by atoms with Gasteiger partial charge in [-0.05, 0) is 70.2 Å². The van der Waals surface area contributed by atoms with Crippen molar-refractivity contribution in [1.82, 2.24) is 0 Å². The second-order valence-corrected chi connectivity index (χ2v) is 8.52. The minimum Gasteiger partial charge on any atom is -0.508 e. The molecular weight excluding hydrogens is 344 g/mol. The Kier molecular flexibility index (Phi) is 5.79. The largest absolute Gasteiger partial charge is 0.508 e. The van der Waals surface area contributed by atoms with Crippen LogP contribution in [0, 0.1) is 0 Å². The highest BCUT2D eigenvalue weighted by atomic mass is 16.3. The van der Waals surface area contributed by atoms with Gasteiger partial charge in [-0.2, -0.15) is 0 Å². The average Bonchev–Trinajstić information content (AvgIpc) is 2.69. The Morgan fingerprint density at radius 1 is 0.643 bits per heavy atom. The predicted octanol–water partition coefficient (Wildman–Crippen LogP) is 6.53. The monoisotopic (exact) mass is 374 g/mol. The average molecular weight is 375 g/mol. The first-order valence-corrected chi connectivity index (χ1v) is 9.93. The molecule has 0 saturated heterocycles. The quantitative estimate of drug-likeness (QED) is 0.515. The molecule has 0 amide bonds. The van der Waals surface area contributed by atoms with Gasteiger partial charge in [-0.25, -0.2) is 0 Å². The number of aromatic hydroxyl groups is 2. The number of hydrogen-bond acceptors (Lipinski definition) is 2. The fraction of sp³-hybridized carbons (Fsp3) is 0.308. The Morgan fingerprint density at radius 3 is 1.50 bits per heavy atom. The molecule has 28 heavy (non-hydrogen) atoms. The van der Waals surface area contributed by atoms with Crippen LogP contribution in [-0.4, -0.2) is 10.2 Å². The summed E-state index contributed by atoms with van der Waals surface area (Å²) in [5, 5.41) is 19.0. The molecule has 0 heterocycles. The van der Waals surface area contributed by atoms with Crippen LogP contribution in [0.3, 0.4) is 0 Å². The Morgan fingerprint density at radius 2 is 1.04 bits per heavy atom. The van der Waals surface area contributed by atoms with E-state index >= 15 is 0 Å². The van der Waals surface area contributed by atoms with Crippen LogP contribution in [-0.2, 0) is 11.8 Å². The summed E-state index contributed by atoms with van der Waals surface area (Å²) < 4.78 is 0. The molecule has 3 aromatic rings. The number of benzene rings is 3. The Labute approximate surface area is 168 Å². The first-order chi connectivity index (χ1) is 13.3. The lowest BCUT2D eigenvalue weighted by atomic mass is 9.77. The van der Waals surface area contributed by atoms with Gasteiger partial charge in [0.1, 0.15) is 11.5 Å². The molecule has 2 unspecified atom stereocenters. The highest BCUT2D eigenvalue weighted by molar-refractivity contribution is 5.36. The van der Waals surface area contributed by atoms with E-state index in [1.54, 1.807) is 24.3 Å². The van der Waals surface area contributed by atoms with Crippen molar-refractivity contribution in [2.75, 3.05) is 0 Å². The van der Waals surface area contributed by atoms with Gasteiger partial charge in [0, 0.05) is 0 Å². The summed E-state index contributed by atoms with van der Waals surface area (Å²) in [7, 11) is 0. The predicted molar refractivity (Wildman–Crippen MR) is 116 cm³/mol. The van der Waals surface area contributed by atoms with Crippen molar-refractivity contribution in [2.45, 2.75) is 51.4 Å². The van der Waals surface area contributed by atoms with Gasteiger partial charge in [-0.1, -0.05) is 76.2 Å². The van der Waals surface area contributed by atoms with E-state index in [1.165, 1.54) is 22.3 Å². The van der Waals surface area contributed by atoms with E-state index in [4.69, 9.17) is 0 Å². The van der Waals surface area contributed by atoms with Crippen molar-refractivity contribution in [3.05, 3.63) is 95.1 Å². The molecule has 3 aromatic carbocycles. The van der Waals surface area contributed by atoms with Gasteiger partial charge in [0.05, 0.1) is 0 Å². The summed E-state index contributed by atoms with van der Waals surface area (Å²) >= 11 is 0. The van der Waals surface area contributed by atoms with Crippen LogP contribution in [0.5, 0.6) is 11.5 Å². The van der Waals surface area contributed by atoms with Crippen molar-refractivity contribution >= 4 is 0 Å². The lowest BCUT2D eigenvalue weighted by Crippen LogP contribution is -2.20. The van der Waals surface area contributed by atoms with E-state index in [0.29, 0.717) is 23.3 Å². The topological polar surface area (TPSA) is 40.5 Å². The van der Waals surface area contributed by atoms with Crippen molar-refractivity contribution < 1.29 is 10.2 Å². The fourth-order valence-corrected chi connectivity index (χ4v) is 3.82. The highest BCUT2D eigenvalue weighted by Crippen LogP contribution is 2.35. The van der Waals surface area contributed by atoms with E-state index < -0.39 is 0 Å². The molecular formula is C26H30O2. The van der Waals surface area contributed by atoms with Crippen LogP contribution >= 0.6 is 0 Å². The third-order valence-corrected chi connectivity index (χ3v) is 5.97. The van der Waals surface area contributed by atoms with Crippen LogP contribution in [0.25, 0.3) is 0 Å². The molecule has 2 heteroatoms. The number of phenols is 2. The summed E-state index contributed by atoms with van der Waals surface area (Å²) in [6.45, 7) is 9.02. The molecule has 0 radical (unpaired) electrons. The van der Waals surface area contributed by atoms with E-state index in [1.807, 2.05) is 24.3 Å². The third-order valence-electron chi connectivity index (χ3n) is 5.97. The van der Waals surface area contributed by atoms with Crippen molar-refractivity contribution in [1.29, 1.82) is 0 Å². The van der Waals surface area contributed by atoms with Gasteiger partial charge >= 0.3 is 0 Å². The van der Waals surface area contributed by atoms with E-state index in [-0.39, 0.29) is 5.41 Å². The normalized spacial score (nSPS) is 13.9. The zero-order chi connectivity index (χ0) is 20.3. The van der Waals surface area contributed by atoms with Gasteiger partial charge in [-0.3, -0.25) is 0 Å². The van der Waals surface area contributed by atoms with Crippen LogP contribution in [0.15, 0.2) is 72.8 Å². The number of hydrogen-bond donors (Lipinski definition) is 2. The van der Waals surface area contributed by atoms with Crippen LogP contribution in [0.2, 0.25) is 0 Å². The molecule has 0 fully saturated rings. The number of phenolic OH excluding ortho intramolecular Hbond substituents is 2. The molecule has 146 valence electrons. The lowest BCUT2D eigenvalue weighted by Gasteiger charge is -2.27. The van der Waals surface area contributed by atoms with Crippen LogP contribution in [0.4, 0.5) is 0 Å². The summed E-state index contributed by atoms with van der Waals surface area (Å²) in [4.78, 5) is 0. The van der Waals surface area contributed by atoms with Crippen molar-refractivity contribution in [3.63, 3.8) is 0 Å². The van der Waals surface area contributed by atoms with Crippen molar-refractivity contribution in [2.24, 2.45) is 0 Å². The van der Waals surface area contributed by atoms with Gasteiger partial charge in [-0.15, -0.1) is 0 Å².